The Morgan fingerprint density at radius 1 is 1.00 bits per heavy atom. The molecule has 0 unspecified atom stereocenters. The average molecular weight is 365 g/mol. The molecule has 2 aromatic carbocycles. The van der Waals surface area contributed by atoms with E-state index < -0.39 is 17.8 Å². The quantitative estimate of drug-likeness (QED) is 0.830. The van der Waals surface area contributed by atoms with E-state index in [9.17, 15) is 13.2 Å². The van der Waals surface area contributed by atoms with E-state index in [1.54, 1.807) is 6.07 Å². The first-order chi connectivity index (χ1) is 12.5. The van der Waals surface area contributed by atoms with Crippen molar-refractivity contribution in [3.63, 3.8) is 0 Å². The van der Waals surface area contributed by atoms with Gasteiger partial charge in [0.25, 0.3) is 0 Å². The van der Waals surface area contributed by atoms with E-state index in [0.717, 1.165) is 23.6 Å². The summed E-state index contributed by atoms with van der Waals surface area (Å²) < 4.78 is 51.7. The van der Waals surface area contributed by atoms with Crippen LogP contribution in [0.4, 0.5) is 13.2 Å². The Hall–Kier alpha value is -2.21. The van der Waals surface area contributed by atoms with Gasteiger partial charge in [-0.3, -0.25) is 0 Å². The zero-order valence-electron chi connectivity index (χ0n) is 14.8. The molecule has 26 heavy (non-hydrogen) atoms. The maximum absolute atomic E-state index is 13.5. The van der Waals surface area contributed by atoms with Gasteiger partial charge in [0, 0.05) is 6.54 Å². The number of fused-ring (bicyclic) bond motifs is 1. The van der Waals surface area contributed by atoms with Gasteiger partial charge in [0.1, 0.15) is 0 Å². The second-order valence-corrected chi connectivity index (χ2v) is 6.09. The normalized spacial score (nSPS) is 16.9. The molecule has 0 aromatic heterocycles. The van der Waals surface area contributed by atoms with Gasteiger partial charge in [0.2, 0.25) is 0 Å². The SMILES string of the molecule is CCOc1cc2c(cc1OCC)[C@@H](c1ccccc1C(F)(F)F)NCC2. The highest BCUT2D eigenvalue weighted by molar-refractivity contribution is 5.52. The topological polar surface area (TPSA) is 30.5 Å². The molecule has 0 fully saturated rings. The first-order valence-corrected chi connectivity index (χ1v) is 8.77. The predicted molar refractivity (Wildman–Crippen MR) is 93.8 cm³/mol. The molecule has 1 aliphatic heterocycles. The summed E-state index contributed by atoms with van der Waals surface area (Å²) >= 11 is 0. The van der Waals surface area contributed by atoms with E-state index in [1.807, 2.05) is 26.0 Å². The lowest BCUT2D eigenvalue weighted by Gasteiger charge is -2.30. The number of benzene rings is 2. The fourth-order valence-corrected chi connectivity index (χ4v) is 3.39. The Bertz CT molecular complexity index is 774. The summed E-state index contributed by atoms with van der Waals surface area (Å²) in [7, 11) is 0. The van der Waals surface area contributed by atoms with E-state index >= 15 is 0 Å². The number of hydrogen-bond acceptors (Lipinski definition) is 3. The van der Waals surface area contributed by atoms with Crippen LogP contribution in [0.5, 0.6) is 11.5 Å². The Balaban J connectivity index is 2.11. The van der Waals surface area contributed by atoms with Gasteiger partial charge in [0.05, 0.1) is 24.8 Å². The second kappa shape index (κ2) is 7.58. The summed E-state index contributed by atoms with van der Waals surface area (Å²) in [6.45, 7) is 5.31. The minimum atomic E-state index is -4.40. The summed E-state index contributed by atoms with van der Waals surface area (Å²) in [5.41, 5.74) is 1.40. The first kappa shape index (κ1) is 18.6. The summed E-state index contributed by atoms with van der Waals surface area (Å²) in [5, 5.41) is 3.23. The number of halogens is 3. The van der Waals surface area contributed by atoms with E-state index in [1.165, 1.54) is 12.1 Å². The molecule has 140 valence electrons. The number of alkyl halides is 3. The van der Waals surface area contributed by atoms with Gasteiger partial charge in [-0.05, 0) is 55.2 Å². The highest BCUT2D eigenvalue weighted by Gasteiger charge is 2.36. The Morgan fingerprint density at radius 2 is 1.65 bits per heavy atom. The van der Waals surface area contributed by atoms with Crippen LogP contribution in [0.2, 0.25) is 0 Å². The van der Waals surface area contributed by atoms with Crippen molar-refractivity contribution in [3.8, 4) is 11.5 Å². The summed E-state index contributed by atoms with van der Waals surface area (Å²) in [4.78, 5) is 0. The smallest absolute Gasteiger partial charge is 0.416 e. The second-order valence-electron chi connectivity index (χ2n) is 6.09. The van der Waals surface area contributed by atoms with Gasteiger partial charge in [0.15, 0.2) is 11.5 Å². The van der Waals surface area contributed by atoms with Crippen molar-refractivity contribution in [2.45, 2.75) is 32.5 Å². The molecule has 0 radical (unpaired) electrons. The molecule has 0 saturated carbocycles. The van der Waals surface area contributed by atoms with E-state index in [0.29, 0.717) is 31.3 Å². The van der Waals surface area contributed by atoms with Gasteiger partial charge < -0.3 is 14.8 Å². The third-order valence-corrected chi connectivity index (χ3v) is 4.44. The molecule has 1 aliphatic rings. The minimum Gasteiger partial charge on any atom is -0.490 e. The molecule has 0 bridgehead atoms. The third kappa shape index (κ3) is 3.65. The zero-order chi connectivity index (χ0) is 18.7. The lowest BCUT2D eigenvalue weighted by atomic mass is 9.87. The maximum Gasteiger partial charge on any atom is 0.416 e. The van der Waals surface area contributed by atoms with Crippen LogP contribution in [0.1, 0.15) is 42.1 Å². The Morgan fingerprint density at radius 3 is 2.31 bits per heavy atom. The van der Waals surface area contributed by atoms with Gasteiger partial charge in [-0.15, -0.1) is 0 Å². The van der Waals surface area contributed by atoms with E-state index in [4.69, 9.17) is 9.47 Å². The van der Waals surface area contributed by atoms with Crippen LogP contribution < -0.4 is 14.8 Å². The number of ether oxygens (including phenoxy) is 2. The molecular formula is C20H22F3NO2. The van der Waals surface area contributed by atoms with E-state index in [-0.39, 0.29) is 5.56 Å². The Kier molecular flexibility index (Phi) is 5.41. The highest BCUT2D eigenvalue weighted by Crippen LogP contribution is 2.41. The largest absolute Gasteiger partial charge is 0.490 e. The van der Waals surface area contributed by atoms with Crippen LogP contribution in [0, 0.1) is 0 Å². The molecule has 1 atom stereocenters. The van der Waals surface area contributed by atoms with Crippen molar-refractivity contribution < 1.29 is 22.6 Å². The minimum absolute atomic E-state index is 0.229. The first-order valence-electron chi connectivity index (χ1n) is 8.77. The molecule has 3 rings (SSSR count). The van der Waals surface area contributed by atoms with Crippen molar-refractivity contribution >= 4 is 0 Å². The molecule has 6 heteroatoms. The summed E-state index contributed by atoms with van der Waals surface area (Å²) in [5.74, 6) is 1.20. The van der Waals surface area contributed by atoms with Crippen molar-refractivity contribution in [1.29, 1.82) is 0 Å². The summed E-state index contributed by atoms with van der Waals surface area (Å²) in [6.07, 6.45) is -3.67. The van der Waals surface area contributed by atoms with Crippen LogP contribution >= 0.6 is 0 Å². The highest BCUT2D eigenvalue weighted by atomic mass is 19.4. The fraction of sp³-hybridized carbons (Fsp3) is 0.400. The van der Waals surface area contributed by atoms with Gasteiger partial charge in [-0.25, -0.2) is 0 Å². The molecule has 3 nitrogen and oxygen atoms in total. The fourth-order valence-electron chi connectivity index (χ4n) is 3.39. The molecule has 0 aliphatic carbocycles. The van der Waals surface area contributed by atoms with Crippen LogP contribution in [0.3, 0.4) is 0 Å². The molecule has 0 saturated heterocycles. The monoisotopic (exact) mass is 365 g/mol. The van der Waals surface area contributed by atoms with Gasteiger partial charge in [-0.2, -0.15) is 13.2 Å². The average Bonchev–Trinajstić information content (AvgIpc) is 2.61. The van der Waals surface area contributed by atoms with Crippen LogP contribution in [0.15, 0.2) is 36.4 Å². The molecular weight excluding hydrogens is 343 g/mol. The number of nitrogens with one attached hydrogen (secondary N) is 1. The van der Waals surface area contributed by atoms with Crippen molar-refractivity contribution in [1.82, 2.24) is 5.32 Å². The maximum atomic E-state index is 13.5. The molecule has 1 heterocycles. The van der Waals surface area contributed by atoms with Crippen LogP contribution in [-0.4, -0.2) is 19.8 Å². The van der Waals surface area contributed by atoms with Crippen molar-refractivity contribution in [2.24, 2.45) is 0 Å². The van der Waals surface area contributed by atoms with Gasteiger partial charge >= 0.3 is 6.18 Å². The van der Waals surface area contributed by atoms with E-state index in [2.05, 4.69) is 5.32 Å². The lowest BCUT2D eigenvalue weighted by molar-refractivity contribution is -0.138. The predicted octanol–water partition coefficient (Wildman–Crippen LogP) is 4.74. The van der Waals surface area contributed by atoms with Crippen molar-refractivity contribution in [3.05, 3.63) is 58.7 Å². The van der Waals surface area contributed by atoms with Crippen LogP contribution in [0.25, 0.3) is 0 Å². The molecule has 2 aromatic rings. The molecule has 0 spiro atoms. The number of hydrogen-bond donors (Lipinski definition) is 1. The molecule has 0 amide bonds. The third-order valence-electron chi connectivity index (χ3n) is 4.44. The lowest BCUT2D eigenvalue weighted by Crippen LogP contribution is -2.32. The van der Waals surface area contributed by atoms with Crippen molar-refractivity contribution in [2.75, 3.05) is 19.8 Å². The summed E-state index contributed by atoms with van der Waals surface area (Å²) in [6, 6.07) is 8.89. The number of rotatable bonds is 5. The van der Waals surface area contributed by atoms with Crippen LogP contribution in [-0.2, 0) is 12.6 Å². The zero-order valence-corrected chi connectivity index (χ0v) is 14.8. The Labute approximate surface area is 151 Å². The van der Waals surface area contributed by atoms with Gasteiger partial charge in [-0.1, -0.05) is 18.2 Å². The standard InChI is InChI=1S/C20H22F3NO2/c1-3-25-17-11-13-9-10-24-19(15(13)12-18(17)26-4-2)14-7-5-6-8-16(14)20(21,22)23/h5-8,11-12,19,24H,3-4,9-10H2,1-2H3/t19-/m1/s1. The molecule has 1 N–H and O–H groups in total.